The molecule has 1 fully saturated rings. The standard InChI is InChI=1S/C15H24BN3O4/c1-9-11(12(13(20)21)19(6)18-9)7-10(8-17)16-22-14(2,3)15(4,5)23-16/h7H,8,17H2,1-6H3,(H,20,21). The van der Waals surface area contributed by atoms with Crippen LogP contribution in [0.2, 0.25) is 0 Å². The third-order valence-corrected chi connectivity index (χ3v) is 4.59. The zero-order valence-corrected chi connectivity index (χ0v) is 14.5. The van der Waals surface area contributed by atoms with Crippen LogP contribution in [0.5, 0.6) is 0 Å². The van der Waals surface area contributed by atoms with Crippen LogP contribution in [-0.4, -0.2) is 45.7 Å². The minimum Gasteiger partial charge on any atom is -0.477 e. The highest BCUT2D eigenvalue weighted by Crippen LogP contribution is 2.38. The van der Waals surface area contributed by atoms with Crippen LogP contribution in [0.3, 0.4) is 0 Å². The van der Waals surface area contributed by atoms with Gasteiger partial charge in [-0.3, -0.25) is 4.68 Å². The Morgan fingerprint density at radius 3 is 2.30 bits per heavy atom. The quantitative estimate of drug-likeness (QED) is 0.813. The smallest absolute Gasteiger partial charge is 0.477 e. The molecule has 23 heavy (non-hydrogen) atoms. The van der Waals surface area contributed by atoms with E-state index < -0.39 is 24.3 Å². The first-order chi connectivity index (χ1) is 10.5. The molecule has 2 rings (SSSR count). The Morgan fingerprint density at radius 2 is 1.87 bits per heavy atom. The molecule has 0 aromatic carbocycles. The zero-order valence-electron chi connectivity index (χ0n) is 14.5. The molecule has 0 aliphatic carbocycles. The van der Waals surface area contributed by atoms with Crippen molar-refractivity contribution in [1.29, 1.82) is 0 Å². The van der Waals surface area contributed by atoms with Gasteiger partial charge in [-0.05, 0) is 40.1 Å². The summed E-state index contributed by atoms with van der Waals surface area (Å²) in [6.45, 7) is 9.79. The summed E-state index contributed by atoms with van der Waals surface area (Å²) in [7, 11) is 0.997. The van der Waals surface area contributed by atoms with Crippen LogP contribution in [0.4, 0.5) is 0 Å². The molecular weight excluding hydrogens is 297 g/mol. The number of hydrogen-bond donors (Lipinski definition) is 2. The predicted octanol–water partition coefficient (Wildman–Crippen LogP) is 1.40. The first kappa shape index (κ1) is 17.7. The Morgan fingerprint density at radius 1 is 1.35 bits per heavy atom. The van der Waals surface area contributed by atoms with Gasteiger partial charge in [-0.2, -0.15) is 5.10 Å². The van der Waals surface area contributed by atoms with Gasteiger partial charge in [0.25, 0.3) is 0 Å². The van der Waals surface area contributed by atoms with Gasteiger partial charge >= 0.3 is 13.1 Å². The number of aryl methyl sites for hydroxylation is 2. The second-order valence-corrected chi connectivity index (χ2v) is 6.79. The summed E-state index contributed by atoms with van der Waals surface area (Å²) in [5.41, 5.74) is 6.84. The second-order valence-electron chi connectivity index (χ2n) is 6.79. The number of carboxylic acids is 1. The SMILES string of the molecule is Cc1nn(C)c(C(=O)O)c1C=C(CN)B1OC(C)(C)C(C)(C)O1. The lowest BCUT2D eigenvalue weighted by Gasteiger charge is -2.32. The van der Waals surface area contributed by atoms with Crippen molar-refractivity contribution >= 4 is 19.2 Å². The number of aromatic nitrogens is 2. The second kappa shape index (κ2) is 5.77. The molecule has 0 radical (unpaired) electrons. The molecular formula is C15H24BN3O4. The lowest BCUT2D eigenvalue weighted by atomic mass is 9.77. The highest BCUT2D eigenvalue weighted by Gasteiger charge is 2.52. The van der Waals surface area contributed by atoms with Gasteiger partial charge in [-0.15, -0.1) is 0 Å². The van der Waals surface area contributed by atoms with Crippen LogP contribution in [-0.2, 0) is 16.4 Å². The van der Waals surface area contributed by atoms with E-state index in [-0.39, 0.29) is 12.2 Å². The molecule has 0 atom stereocenters. The summed E-state index contributed by atoms with van der Waals surface area (Å²) >= 11 is 0. The van der Waals surface area contributed by atoms with Crippen LogP contribution < -0.4 is 5.73 Å². The minimum atomic E-state index is -1.04. The average molecular weight is 321 g/mol. The maximum absolute atomic E-state index is 11.5. The lowest BCUT2D eigenvalue weighted by molar-refractivity contribution is 0.00578. The van der Waals surface area contributed by atoms with E-state index in [1.54, 1.807) is 20.0 Å². The lowest BCUT2D eigenvalue weighted by Crippen LogP contribution is -2.41. The van der Waals surface area contributed by atoms with Crippen molar-refractivity contribution in [3.63, 3.8) is 0 Å². The van der Waals surface area contributed by atoms with Gasteiger partial charge in [-0.1, -0.05) is 6.08 Å². The van der Waals surface area contributed by atoms with Crippen LogP contribution in [0.25, 0.3) is 6.08 Å². The van der Waals surface area contributed by atoms with Gasteiger partial charge in [0.15, 0.2) is 5.69 Å². The fourth-order valence-corrected chi connectivity index (χ4v) is 2.50. The van der Waals surface area contributed by atoms with Gasteiger partial charge in [0.05, 0.1) is 16.9 Å². The normalized spacial score (nSPS) is 20.1. The number of nitrogens with two attached hydrogens (primary N) is 1. The first-order valence-corrected chi connectivity index (χ1v) is 7.53. The van der Waals surface area contributed by atoms with Gasteiger partial charge in [-0.25, -0.2) is 4.79 Å². The summed E-state index contributed by atoms with van der Waals surface area (Å²) in [6.07, 6.45) is 1.72. The van der Waals surface area contributed by atoms with Gasteiger partial charge < -0.3 is 20.1 Å². The molecule has 3 N–H and O–H groups in total. The minimum absolute atomic E-state index is 0.116. The molecule has 1 aromatic heterocycles. The molecule has 8 heteroatoms. The third-order valence-electron chi connectivity index (χ3n) is 4.59. The summed E-state index contributed by atoms with van der Waals surface area (Å²) in [5.74, 6) is -1.04. The van der Waals surface area contributed by atoms with Crippen LogP contribution >= 0.6 is 0 Å². The Labute approximate surface area is 136 Å². The Kier molecular flexibility index (Phi) is 4.45. The Hall–Kier alpha value is -1.64. The fourth-order valence-electron chi connectivity index (χ4n) is 2.50. The summed E-state index contributed by atoms with van der Waals surface area (Å²) < 4.78 is 13.3. The maximum Gasteiger partial charge on any atom is 0.491 e. The van der Waals surface area contributed by atoms with E-state index in [9.17, 15) is 9.90 Å². The topological polar surface area (TPSA) is 99.6 Å². The first-order valence-electron chi connectivity index (χ1n) is 7.53. The molecule has 2 heterocycles. The molecule has 0 saturated carbocycles. The van der Waals surface area contributed by atoms with Crippen molar-refractivity contribution < 1.29 is 19.2 Å². The molecule has 7 nitrogen and oxygen atoms in total. The molecule has 1 saturated heterocycles. The number of aromatic carboxylic acids is 1. The number of carboxylic acid groups (broad SMARTS) is 1. The van der Waals surface area contributed by atoms with E-state index in [1.165, 1.54) is 4.68 Å². The number of rotatable bonds is 4. The summed E-state index contributed by atoms with van der Waals surface area (Å²) in [6, 6.07) is 0. The van der Waals surface area contributed by atoms with E-state index in [2.05, 4.69) is 5.10 Å². The van der Waals surface area contributed by atoms with Crippen molar-refractivity contribution in [3.05, 3.63) is 22.4 Å². The molecule has 126 valence electrons. The highest BCUT2D eigenvalue weighted by atomic mass is 16.7. The van der Waals surface area contributed by atoms with E-state index in [4.69, 9.17) is 15.0 Å². The monoisotopic (exact) mass is 321 g/mol. The molecule has 0 amide bonds. The van der Waals surface area contributed by atoms with Gasteiger partial charge in [0.1, 0.15) is 0 Å². The van der Waals surface area contributed by atoms with Crippen molar-refractivity contribution in [2.24, 2.45) is 12.8 Å². The summed E-state index contributed by atoms with van der Waals surface area (Å²) in [4.78, 5) is 11.5. The highest BCUT2D eigenvalue weighted by molar-refractivity contribution is 6.56. The van der Waals surface area contributed by atoms with Crippen LogP contribution in [0.15, 0.2) is 5.47 Å². The van der Waals surface area contributed by atoms with Gasteiger partial charge in [0.2, 0.25) is 0 Å². The molecule has 1 aliphatic heterocycles. The summed E-state index contributed by atoms with van der Waals surface area (Å²) in [5, 5.41) is 13.6. The van der Waals surface area contributed by atoms with Crippen molar-refractivity contribution in [2.75, 3.05) is 6.54 Å². The third kappa shape index (κ3) is 3.06. The van der Waals surface area contributed by atoms with Crippen LogP contribution in [0.1, 0.15) is 49.4 Å². The van der Waals surface area contributed by atoms with Crippen LogP contribution in [0, 0.1) is 6.92 Å². The Bertz CT molecular complexity index is 648. The van der Waals surface area contributed by atoms with Gasteiger partial charge in [0, 0.05) is 19.2 Å². The molecule has 1 aliphatic rings. The average Bonchev–Trinajstić information content (AvgIpc) is 2.79. The van der Waals surface area contributed by atoms with Crippen molar-refractivity contribution in [3.8, 4) is 0 Å². The van der Waals surface area contributed by atoms with E-state index in [0.717, 1.165) is 0 Å². The number of hydrogen-bond acceptors (Lipinski definition) is 5. The van der Waals surface area contributed by atoms with Crippen molar-refractivity contribution in [2.45, 2.75) is 45.8 Å². The van der Waals surface area contributed by atoms with Crippen molar-refractivity contribution in [1.82, 2.24) is 9.78 Å². The zero-order chi connectivity index (χ0) is 17.6. The molecule has 0 spiro atoms. The van der Waals surface area contributed by atoms with E-state index >= 15 is 0 Å². The molecule has 1 aromatic rings. The predicted molar refractivity (Wildman–Crippen MR) is 88.0 cm³/mol. The largest absolute Gasteiger partial charge is 0.491 e. The van der Waals surface area contributed by atoms with E-state index in [1.807, 2.05) is 27.7 Å². The fraction of sp³-hybridized carbons (Fsp3) is 0.600. The maximum atomic E-state index is 11.5. The van der Waals surface area contributed by atoms with E-state index in [0.29, 0.717) is 16.7 Å². The Balaban J connectivity index is 2.44. The number of nitrogens with zero attached hydrogens (tertiary/aromatic N) is 2. The molecule has 0 unspecified atom stereocenters. The number of carbonyl (C=O) groups is 1. The molecule has 0 bridgehead atoms.